The van der Waals surface area contributed by atoms with Crippen molar-refractivity contribution in [3.63, 3.8) is 0 Å². The number of amides is 1. The first-order chi connectivity index (χ1) is 14.2. The van der Waals surface area contributed by atoms with Crippen LogP contribution in [-0.4, -0.2) is 63.3 Å². The third-order valence-electron chi connectivity index (χ3n) is 5.40. The van der Waals surface area contributed by atoms with E-state index in [2.05, 4.69) is 5.32 Å². The first kappa shape index (κ1) is 22.5. The number of hydrogen-bond donors (Lipinski definition) is 1. The standard InChI is InChI=1S/C22H30N2O5S/c1-15-13-24(14-16(2)29-15)30(26,27)10-9-23-22(25)17(3)18-5-6-20-12-21(28-4)8-7-19(20)11-18/h5-8,11-12,15-17H,9-10,13-14H2,1-4H3,(H,23,25)/t15-,16-,17+/m1/s1. The molecule has 0 aliphatic carbocycles. The number of carbonyl (C=O) groups excluding carboxylic acids is 1. The van der Waals surface area contributed by atoms with Crippen molar-refractivity contribution < 1.29 is 22.7 Å². The maximum atomic E-state index is 12.6. The Kier molecular flexibility index (Phi) is 7.00. The average molecular weight is 435 g/mol. The summed E-state index contributed by atoms with van der Waals surface area (Å²) in [7, 11) is -1.82. The molecule has 0 spiro atoms. The van der Waals surface area contributed by atoms with Crippen LogP contribution in [0.5, 0.6) is 5.75 Å². The first-order valence-corrected chi connectivity index (χ1v) is 11.8. The van der Waals surface area contributed by atoms with Crippen LogP contribution in [-0.2, 0) is 19.6 Å². The highest BCUT2D eigenvalue weighted by molar-refractivity contribution is 7.89. The van der Waals surface area contributed by atoms with E-state index in [0.717, 1.165) is 22.1 Å². The van der Waals surface area contributed by atoms with Gasteiger partial charge in [-0.1, -0.05) is 24.3 Å². The topological polar surface area (TPSA) is 84.9 Å². The number of methoxy groups -OCH3 is 1. The van der Waals surface area contributed by atoms with Crippen LogP contribution in [0.1, 0.15) is 32.3 Å². The van der Waals surface area contributed by atoms with Gasteiger partial charge in [0.15, 0.2) is 0 Å². The molecule has 8 heteroatoms. The van der Waals surface area contributed by atoms with Gasteiger partial charge in [-0.25, -0.2) is 8.42 Å². The second kappa shape index (κ2) is 9.32. The van der Waals surface area contributed by atoms with Crippen molar-refractivity contribution in [3.8, 4) is 5.75 Å². The molecule has 164 valence electrons. The van der Waals surface area contributed by atoms with Crippen molar-refractivity contribution >= 4 is 26.7 Å². The smallest absolute Gasteiger partial charge is 0.227 e. The van der Waals surface area contributed by atoms with Crippen molar-refractivity contribution in [1.29, 1.82) is 0 Å². The van der Waals surface area contributed by atoms with Gasteiger partial charge in [0.1, 0.15) is 5.75 Å². The maximum absolute atomic E-state index is 12.6. The molecule has 1 amide bonds. The summed E-state index contributed by atoms with van der Waals surface area (Å²) in [5, 5.41) is 4.82. The lowest BCUT2D eigenvalue weighted by molar-refractivity contribution is -0.122. The molecule has 0 unspecified atom stereocenters. The predicted molar refractivity (Wildman–Crippen MR) is 117 cm³/mol. The monoisotopic (exact) mass is 434 g/mol. The zero-order chi connectivity index (χ0) is 21.9. The van der Waals surface area contributed by atoms with Crippen LogP contribution in [0, 0.1) is 0 Å². The van der Waals surface area contributed by atoms with Crippen molar-refractivity contribution in [1.82, 2.24) is 9.62 Å². The number of carbonyl (C=O) groups is 1. The summed E-state index contributed by atoms with van der Waals surface area (Å²) in [6.07, 6.45) is -0.267. The Morgan fingerprint density at radius 2 is 1.80 bits per heavy atom. The molecule has 0 saturated carbocycles. The highest BCUT2D eigenvalue weighted by Crippen LogP contribution is 2.25. The van der Waals surface area contributed by atoms with E-state index in [4.69, 9.17) is 9.47 Å². The van der Waals surface area contributed by atoms with E-state index in [1.165, 1.54) is 4.31 Å². The molecule has 3 atom stereocenters. The van der Waals surface area contributed by atoms with Crippen molar-refractivity contribution in [2.75, 3.05) is 32.5 Å². The molecule has 1 heterocycles. The molecular weight excluding hydrogens is 404 g/mol. The summed E-state index contributed by atoms with van der Waals surface area (Å²) < 4.78 is 37.5. The second-order valence-corrected chi connectivity index (χ2v) is 9.96. The van der Waals surface area contributed by atoms with Gasteiger partial charge >= 0.3 is 0 Å². The zero-order valence-corrected chi connectivity index (χ0v) is 18.7. The molecule has 2 aromatic carbocycles. The fourth-order valence-electron chi connectivity index (χ4n) is 3.73. The molecule has 30 heavy (non-hydrogen) atoms. The number of morpholine rings is 1. The van der Waals surface area contributed by atoms with Gasteiger partial charge < -0.3 is 14.8 Å². The van der Waals surface area contributed by atoms with E-state index in [-0.39, 0.29) is 36.3 Å². The molecule has 1 saturated heterocycles. The Hall–Kier alpha value is -2.16. The quantitative estimate of drug-likeness (QED) is 0.724. The Morgan fingerprint density at radius 3 is 2.47 bits per heavy atom. The number of nitrogens with zero attached hydrogens (tertiary/aromatic N) is 1. The Morgan fingerprint density at radius 1 is 1.17 bits per heavy atom. The predicted octanol–water partition coefficient (Wildman–Crippen LogP) is 2.51. The lowest BCUT2D eigenvalue weighted by atomic mass is 9.97. The number of ether oxygens (including phenoxy) is 2. The summed E-state index contributed by atoms with van der Waals surface area (Å²) in [4.78, 5) is 12.6. The molecule has 1 aliphatic heterocycles. The summed E-state index contributed by atoms with van der Waals surface area (Å²) in [5.74, 6) is 0.0818. The van der Waals surface area contributed by atoms with E-state index in [1.54, 1.807) is 7.11 Å². The van der Waals surface area contributed by atoms with E-state index in [9.17, 15) is 13.2 Å². The van der Waals surface area contributed by atoms with E-state index < -0.39 is 10.0 Å². The molecule has 7 nitrogen and oxygen atoms in total. The van der Waals surface area contributed by atoms with Crippen LogP contribution in [0.4, 0.5) is 0 Å². The molecule has 1 N–H and O–H groups in total. The summed E-state index contributed by atoms with van der Waals surface area (Å²) in [6.45, 7) is 6.32. The Labute approximate surface area is 178 Å². The summed E-state index contributed by atoms with van der Waals surface area (Å²) in [6, 6.07) is 11.6. The van der Waals surface area contributed by atoms with Crippen molar-refractivity contribution in [2.45, 2.75) is 38.9 Å². The van der Waals surface area contributed by atoms with Crippen molar-refractivity contribution in [3.05, 3.63) is 42.0 Å². The van der Waals surface area contributed by atoms with Crippen LogP contribution >= 0.6 is 0 Å². The molecule has 0 radical (unpaired) electrons. The minimum Gasteiger partial charge on any atom is -0.497 e. The second-order valence-electron chi connectivity index (χ2n) is 7.88. The number of fused-ring (bicyclic) bond motifs is 1. The summed E-state index contributed by atoms with van der Waals surface area (Å²) >= 11 is 0. The SMILES string of the molecule is COc1ccc2cc([C@H](C)C(=O)NCCS(=O)(=O)N3C[C@@H](C)O[C@H](C)C3)ccc2c1. The first-order valence-electron chi connectivity index (χ1n) is 10.2. The number of rotatable bonds is 7. The van der Waals surface area contributed by atoms with Crippen LogP contribution in [0.2, 0.25) is 0 Å². The van der Waals surface area contributed by atoms with Crippen LogP contribution < -0.4 is 10.1 Å². The summed E-state index contributed by atoms with van der Waals surface area (Å²) in [5.41, 5.74) is 0.879. The fourth-order valence-corrected chi connectivity index (χ4v) is 5.23. The van der Waals surface area contributed by atoms with Crippen LogP contribution in [0.3, 0.4) is 0 Å². The lowest BCUT2D eigenvalue weighted by Gasteiger charge is -2.34. The molecular formula is C22H30N2O5S. The Balaban J connectivity index is 1.58. The number of hydrogen-bond acceptors (Lipinski definition) is 5. The van der Waals surface area contributed by atoms with Gasteiger partial charge in [0.25, 0.3) is 0 Å². The molecule has 1 fully saturated rings. The van der Waals surface area contributed by atoms with E-state index >= 15 is 0 Å². The van der Waals surface area contributed by atoms with Crippen LogP contribution in [0.15, 0.2) is 36.4 Å². The van der Waals surface area contributed by atoms with Gasteiger partial charge in [-0.15, -0.1) is 0 Å². The number of nitrogens with one attached hydrogen (secondary N) is 1. The molecule has 2 aromatic rings. The number of benzene rings is 2. The van der Waals surface area contributed by atoms with Gasteiger partial charge in [0, 0.05) is 19.6 Å². The van der Waals surface area contributed by atoms with E-state index in [1.807, 2.05) is 57.2 Å². The molecule has 1 aliphatic rings. The largest absolute Gasteiger partial charge is 0.497 e. The van der Waals surface area contributed by atoms with Crippen LogP contribution in [0.25, 0.3) is 10.8 Å². The maximum Gasteiger partial charge on any atom is 0.227 e. The van der Waals surface area contributed by atoms with Gasteiger partial charge in [0.05, 0.1) is 31.0 Å². The lowest BCUT2D eigenvalue weighted by Crippen LogP contribution is -2.49. The van der Waals surface area contributed by atoms with Crippen molar-refractivity contribution in [2.24, 2.45) is 0 Å². The molecule has 3 rings (SSSR count). The molecule has 0 aromatic heterocycles. The van der Waals surface area contributed by atoms with Gasteiger partial charge in [-0.2, -0.15) is 4.31 Å². The fraction of sp³-hybridized carbons (Fsp3) is 0.500. The highest BCUT2D eigenvalue weighted by Gasteiger charge is 2.30. The third kappa shape index (κ3) is 5.30. The zero-order valence-electron chi connectivity index (χ0n) is 17.9. The Bertz CT molecular complexity index is 998. The average Bonchev–Trinajstić information content (AvgIpc) is 2.71. The third-order valence-corrected chi connectivity index (χ3v) is 7.21. The normalized spacial score (nSPS) is 21.3. The minimum atomic E-state index is -3.44. The minimum absolute atomic E-state index is 0.0798. The number of sulfonamides is 1. The molecule has 0 bridgehead atoms. The van der Waals surface area contributed by atoms with E-state index in [0.29, 0.717) is 13.1 Å². The van der Waals surface area contributed by atoms with Gasteiger partial charge in [0.2, 0.25) is 15.9 Å². The van der Waals surface area contributed by atoms with Gasteiger partial charge in [-0.05, 0) is 49.2 Å². The van der Waals surface area contributed by atoms with Gasteiger partial charge in [-0.3, -0.25) is 4.79 Å². The highest BCUT2D eigenvalue weighted by atomic mass is 32.2.